The molecule has 0 spiro atoms. The highest BCUT2D eigenvalue weighted by molar-refractivity contribution is 6.22. The highest BCUT2D eigenvalue weighted by Gasteiger charge is 2.36. The zero-order valence-corrected chi connectivity index (χ0v) is 42.6. The number of rotatable bonds is 6. The minimum atomic E-state index is -0.0779. The summed E-state index contributed by atoms with van der Waals surface area (Å²) in [5.74, 6) is 0. The molecule has 0 radical (unpaired) electrons. The van der Waals surface area contributed by atoms with Crippen molar-refractivity contribution in [2.45, 2.75) is 38.5 Å². The smallest absolute Gasteiger partial charge is 0.0541 e. The van der Waals surface area contributed by atoms with E-state index in [9.17, 15) is 0 Å². The van der Waals surface area contributed by atoms with Crippen molar-refractivity contribution in [3.05, 3.63) is 271 Å². The zero-order chi connectivity index (χ0) is 50.2. The molecule has 75 heavy (non-hydrogen) atoms. The first-order valence-corrected chi connectivity index (χ1v) is 26.5. The Morgan fingerprint density at radius 3 is 1.12 bits per heavy atom. The highest BCUT2D eigenvalue weighted by Crippen LogP contribution is 2.52. The summed E-state index contributed by atoms with van der Waals surface area (Å²) in [5, 5.41) is 7.52. The zero-order valence-electron chi connectivity index (χ0n) is 42.6. The lowest BCUT2D eigenvalue weighted by Crippen LogP contribution is -2.14. The van der Waals surface area contributed by atoms with Crippen LogP contribution >= 0.6 is 0 Å². The molecule has 12 aromatic carbocycles. The SMILES string of the molecule is CC1(C)c2ccccc2-c2ccc(-c3ccc4c(c3)c3cc(-c5ccc6c(c5)C(C)(C)c5ccccc5-6)ccc3n4-c3ccc(-c4ccc5c(-c6ccccc6)c6ccccc6c(-c6ccccc6)c5c4)cc3)cc21. The predicted molar refractivity (Wildman–Crippen MR) is 318 cm³/mol. The number of benzene rings is 12. The molecule has 13 aromatic rings. The maximum absolute atomic E-state index is 2.47. The van der Waals surface area contributed by atoms with Gasteiger partial charge in [-0.3, -0.25) is 0 Å². The summed E-state index contributed by atoms with van der Waals surface area (Å²) >= 11 is 0. The van der Waals surface area contributed by atoms with Crippen LogP contribution in [0.25, 0.3) is 127 Å². The van der Waals surface area contributed by atoms with Gasteiger partial charge in [-0.05, 0) is 176 Å². The minimum absolute atomic E-state index is 0.0779. The van der Waals surface area contributed by atoms with Gasteiger partial charge in [0.15, 0.2) is 0 Å². The van der Waals surface area contributed by atoms with Gasteiger partial charge in [-0.2, -0.15) is 0 Å². The molecule has 354 valence electrons. The number of nitrogens with zero attached hydrogens (tertiary/aromatic N) is 1. The molecule has 15 rings (SSSR count). The van der Waals surface area contributed by atoms with Crippen LogP contribution in [0, 0.1) is 0 Å². The molecular weight excluding hydrogens is 903 g/mol. The van der Waals surface area contributed by atoms with Crippen LogP contribution < -0.4 is 0 Å². The number of hydrogen-bond acceptors (Lipinski definition) is 0. The summed E-state index contributed by atoms with van der Waals surface area (Å²) in [6, 6.07) is 93.4. The standard InChI is InChI=1S/C74H53N/c1-73(2)65-25-15-13-21-55(65)57-36-29-52(44-67(57)73)50-32-39-69-62(41-50)63-42-51(53-30-37-58-56-22-14-16-26-66(56)74(3,4)68(58)45-53)33-40-70(63)75(69)54-34-27-46(28-35-54)49-31-38-61-64(43-49)72(48-19-9-6-10-20-48)60-24-12-11-23-59(60)71(61)47-17-7-5-8-18-47/h5-45H,1-4H3. The summed E-state index contributed by atoms with van der Waals surface area (Å²) in [6.45, 7) is 9.48. The molecule has 2 aliphatic rings. The van der Waals surface area contributed by atoms with Gasteiger partial charge in [0, 0.05) is 27.3 Å². The predicted octanol–water partition coefficient (Wildman–Crippen LogP) is 20.0. The molecule has 0 unspecified atom stereocenters. The van der Waals surface area contributed by atoms with Gasteiger partial charge in [0.25, 0.3) is 0 Å². The Bertz CT molecular complexity index is 4330. The third-order valence-corrected chi connectivity index (χ3v) is 17.2. The minimum Gasteiger partial charge on any atom is -0.309 e. The third-order valence-electron chi connectivity index (χ3n) is 17.2. The molecule has 2 aliphatic carbocycles. The van der Waals surface area contributed by atoms with Crippen LogP contribution in [-0.4, -0.2) is 4.57 Å². The van der Waals surface area contributed by atoms with Crippen molar-refractivity contribution in [2.75, 3.05) is 0 Å². The van der Waals surface area contributed by atoms with E-state index in [1.54, 1.807) is 0 Å². The first-order chi connectivity index (χ1) is 36.7. The summed E-state index contributed by atoms with van der Waals surface area (Å²) < 4.78 is 2.47. The van der Waals surface area contributed by atoms with Crippen molar-refractivity contribution in [2.24, 2.45) is 0 Å². The van der Waals surface area contributed by atoms with E-state index in [1.807, 2.05) is 0 Å². The van der Waals surface area contributed by atoms with E-state index in [4.69, 9.17) is 0 Å². The van der Waals surface area contributed by atoms with Crippen LogP contribution in [0.4, 0.5) is 0 Å². The van der Waals surface area contributed by atoms with E-state index >= 15 is 0 Å². The molecule has 0 saturated carbocycles. The molecule has 1 aromatic heterocycles. The number of aromatic nitrogens is 1. The van der Waals surface area contributed by atoms with Gasteiger partial charge in [0.05, 0.1) is 11.0 Å². The van der Waals surface area contributed by atoms with Crippen LogP contribution in [0.5, 0.6) is 0 Å². The first kappa shape index (κ1) is 43.5. The molecule has 1 nitrogen and oxygen atoms in total. The van der Waals surface area contributed by atoms with Crippen LogP contribution in [0.15, 0.2) is 249 Å². The van der Waals surface area contributed by atoms with Crippen molar-refractivity contribution < 1.29 is 0 Å². The van der Waals surface area contributed by atoms with Crippen LogP contribution in [0.1, 0.15) is 49.9 Å². The second-order valence-electron chi connectivity index (χ2n) is 22.0. The van der Waals surface area contributed by atoms with Crippen LogP contribution in [0.3, 0.4) is 0 Å². The maximum atomic E-state index is 2.47. The Labute approximate surface area is 438 Å². The Hall–Kier alpha value is -9.04. The normalized spacial score (nSPS) is 13.8. The molecule has 1 heterocycles. The fourth-order valence-corrected chi connectivity index (χ4v) is 13.4. The van der Waals surface area contributed by atoms with Gasteiger partial charge >= 0.3 is 0 Å². The second kappa shape index (κ2) is 16.2. The molecule has 0 aliphatic heterocycles. The summed E-state index contributed by atoms with van der Waals surface area (Å²) in [5.41, 5.74) is 26.6. The average Bonchev–Trinajstić information content (AvgIpc) is 4.05. The topological polar surface area (TPSA) is 4.93 Å². The van der Waals surface area contributed by atoms with Crippen LogP contribution in [-0.2, 0) is 10.8 Å². The molecule has 0 N–H and O–H groups in total. The first-order valence-electron chi connectivity index (χ1n) is 26.5. The van der Waals surface area contributed by atoms with E-state index in [0.29, 0.717) is 0 Å². The quantitative estimate of drug-likeness (QED) is 0.146. The summed E-state index contributed by atoms with van der Waals surface area (Å²) in [4.78, 5) is 0. The Balaban J connectivity index is 0.883. The summed E-state index contributed by atoms with van der Waals surface area (Å²) in [7, 11) is 0. The van der Waals surface area contributed by atoms with Crippen molar-refractivity contribution in [1.29, 1.82) is 0 Å². The monoisotopic (exact) mass is 955 g/mol. The number of hydrogen-bond donors (Lipinski definition) is 0. The Morgan fingerprint density at radius 2 is 0.600 bits per heavy atom. The van der Waals surface area contributed by atoms with Gasteiger partial charge in [-0.15, -0.1) is 0 Å². The van der Waals surface area contributed by atoms with Gasteiger partial charge in [0.2, 0.25) is 0 Å². The third kappa shape index (κ3) is 6.50. The van der Waals surface area contributed by atoms with Crippen molar-refractivity contribution in [3.8, 4) is 83.6 Å². The Kier molecular flexibility index (Phi) is 9.42. The molecule has 0 bridgehead atoms. The fraction of sp³-hybridized carbons (Fsp3) is 0.0811. The highest BCUT2D eigenvalue weighted by atomic mass is 15.0. The van der Waals surface area contributed by atoms with Crippen molar-refractivity contribution in [3.63, 3.8) is 0 Å². The van der Waals surface area contributed by atoms with Gasteiger partial charge < -0.3 is 4.57 Å². The van der Waals surface area contributed by atoms with E-state index < -0.39 is 0 Å². The lowest BCUT2D eigenvalue weighted by Gasteiger charge is -2.22. The lowest BCUT2D eigenvalue weighted by molar-refractivity contribution is 0.660. The molecule has 0 fully saturated rings. The lowest BCUT2D eigenvalue weighted by atomic mass is 9.81. The molecule has 0 amide bonds. The maximum Gasteiger partial charge on any atom is 0.0541 e. The van der Waals surface area contributed by atoms with E-state index in [0.717, 1.165) is 5.69 Å². The molecule has 1 heteroatoms. The van der Waals surface area contributed by atoms with E-state index in [-0.39, 0.29) is 10.8 Å². The second-order valence-corrected chi connectivity index (χ2v) is 22.0. The van der Waals surface area contributed by atoms with Gasteiger partial charge in [-0.1, -0.05) is 222 Å². The number of fused-ring (bicyclic) bond motifs is 11. The van der Waals surface area contributed by atoms with Crippen LogP contribution in [0.2, 0.25) is 0 Å². The van der Waals surface area contributed by atoms with Crippen molar-refractivity contribution in [1.82, 2.24) is 4.57 Å². The van der Waals surface area contributed by atoms with Gasteiger partial charge in [-0.25, -0.2) is 0 Å². The van der Waals surface area contributed by atoms with E-state index in [2.05, 4.69) is 281 Å². The fourth-order valence-electron chi connectivity index (χ4n) is 13.4. The molecule has 0 saturated heterocycles. The van der Waals surface area contributed by atoms with Gasteiger partial charge in [0.1, 0.15) is 0 Å². The Morgan fingerprint density at radius 1 is 0.240 bits per heavy atom. The largest absolute Gasteiger partial charge is 0.309 e. The van der Waals surface area contributed by atoms with E-state index in [1.165, 1.54) is 143 Å². The molecule has 0 atom stereocenters. The molecular formula is C74H53N. The summed E-state index contributed by atoms with van der Waals surface area (Å²) in [6.07, 6.45) is 0. The van der Waals surface area contributed by atoms with Crippen molar-refractivity contribution >= 4 is 43.4 Å². The average molecular weight is 956 g/mol.